The molecule has 1 aromatic rings. The van der Waals surface area contributed by atoms with E-state index in [1.807, 2.05) is 12.1 Å². The lowest BCUT2D eigenvalue weighted by Crippen LogP contribution is -2.48. The lowest BCUT2D eigenvalue weighted by Gasteiger charge is -2.39. The van der Waals surface area contributed by atoms with Crippen LogP contribution < -0.4 is 5.32 Å². The molecule has 4 heteroatoms. The summed E-state index contributed by atoms with van der Waals surface area (Å²) in [5, 5.41) is 3.00. The maximum Gasteiger partial charge on any atom is 0.337 e. The van der Waals surface area contributed by atoms with E-state index in [0.29, 0.717) is 5.56 Å². The molecule has 1 aliphatic carbocycles. The molecule has 0 bridgehead atoms. The van der Waals surface area contributed by atoms with Crippen LogP contribution in [0.3, 0.4) is 0 Å². The number of hydrogen-bond acceptors (Lipinski definition) is 3. The van der Waals surface area contributed by atoms with Crippen LogP contribution in [0.2, 0.25) is 0 Å². The van der Waals surface area contributed by atoms with Gasteiger partial charge >= 0.3 is 5.97 Å². The monoisotopic (exact) mass is 331 g/mol. The van der Waals surface area contributed by atoms with Crippen molar-refractivity contribution in [3.05, 3.63) is 34.9 Å². The number of fused-ring (bicyclic) bond motifs is 1. The van der Waals surface area contributed by atoms with Crippen molar-refractivity contribution in [1.82, 2.24) is 5.32 Å². The van der Waals surface area contributed by atoms with Crippen LogP contribution in [0.4, 0.5) is 0 Å². The Bertz CT molecular complexity index is 606. The molecule has 1 N–H and O–H groups in total. The summed E-state index contributed by atoms with van der Waals surface area (Å²) in [7, 11) is 1.39. The van der Waals surface area contributed by atoms with Gasteiger partial charge in [0.2, 0.25) is 5.91 Å². The summed E-state index contributed by atoms with van der Waals surface area (Å²) in [5.41, 5.74) is 2.74. The normalized spacial score (nSPS) is 22.3. The number of methoxy groups -OCH3 is 1. The molecule has 2 aliphatic rings. The second-order valence-corrected chi connectivity index (χ2v) is 7.52. The van der Waals surface area contributed by atoms with Crippen LogP contribution >= 0.6 is 0 Å². The highest BCUT2D eigenvalue weighted by Crippen LogP contribution is 2.41. The summed E-state index contributed by atoms with van der Waals surface area (Å²) in [4.78, 5) is 23.8. The third-order valence-electron chi connectivity index (χ3n) is 4.63. The van der Waals surface area contributed by atoms with Crippen molar-refractivity contribution in [3.8, 4) is 0 Å². The van der Waals surface area contributed by atoms with Gasteiger partial charge in [0.1, 0.15) is 0 Å². The van der Waals surface area contributed by atoms with Gasteiger partial charge < -0.3 is 10.1 Å². The SMILES string of the molecule is CC(C)C.COC(=O)c1ccc2c(c1)CCC1(CCCNC1=O)C2. The maximum atomic E-state index is 12.2. The Balaban J connectivity index is 0.000000471. The van der Waals surface area contributed by atoms with E-state index in [0.717, 1.165) is 44.6 Å². The van der Waals surface area contributed by atoms with E-state index in [9.17, 15) is 9.59 Å². The number of benzene rings is 1. The first-order valence-corrected chi connectivity index (χ1v) is 8.86. The number of ether oxygens (including phenoxy) is 1. The highest BCUT2D eigenvalue weighted by molar-refractivity contribution is 5.90. The van der Waals surface area contributed by atoms with Crippen molar-refractivity contribution < 1.29 is 14.3 Å². The smallest absolute Gasteiger partial charge is 0.337 e. The molecule has 1 aromatic carbocycles. The number of rotatable bonds is 1. The first kappa shape index (κ1) is 18.5. The summed E-state index contributed by atoms with van der Waals surface area (Å²) in [6.45, 7) is 7.30. The Morgan fingerprint density at radius 3 is 2.54 bits per heavy atom. The Morgan fingerprint density at radius 2 is 1.92 bits per heavy atom. The molecule has 24 heavy (non-hydrogen) atoms. The maximum absolute atomic E-state index is 12.2. The van der Waals surface area contributed by atoms with Crippen LogP contribution in [-0.2, 0) is 22.4 Å². The fourth-order valence-corrected chi connectivity index (χ4v) is 3.44. The van der Waals surface area contributed by atoms with Crippen LogP contribution in [0.15, 0.2) is 18.2 Å². The molecular weight excluding hydrogens is 302 g/mol. The summed E-state index contributed by atoms with van der Waals surface area (Å²) < 4.78 is 4.75. The van der Waals surface area contributed by atoms with Crippen LogP contribution in [0, 0.1) is 11.3 Å². The zero-order valence-corrected chi connectivity index (χ0v) is 15.3. The van der Waals surface area contributed by atoms with Gasteiger partial charge in [-0.05, 0) is 61.3 Å². The van der Waals surface area contributed by atoms with Crippen LogP contribution in [-0.4, -0.2) is 25.5 Å². The van der Waals surface area contributed by atoms with Gasteiger partial charge in [-0.3, -0.25) is 4.79 Å². The third kappa shape index (κ3) is 4.16. The van der Waals surface area contributed by atoms with Crippen molar-refractivity contribution in [2.45, 2.75) is 52.9 Å². The third-order valence-corrected chi connectivity index (χ3v) is 4.63. The average Bonchev–Trinajstić information content (AvgIpc) is 2.56. The lowest BCUT2D eigenvalue weighted by atomic mass is 9.67. The molecule has 1 fully saturated rings. The topological polar surface area (TPSA) is 55.4 Å². The number of carbonyl (C=O) groups is 2. The molecule has 1 unspecified atom stereocenters. The fourth-order valence-electron chi connectivity index (χ4n) is 3.44. The van der Waals surface area contributed by atoms with Crippen LogP contribution in [0.1, 0.15) is 61.5 Å². The fraction of sp³-hybridized carbons (Fsp3) is 0.600. The van der Waals surface area contributed by atoms with Gasteiger partial charge in [0.25, 0.3) is 0 Å². The molecule has 1 saturated heterocycles. The van der Waals surface area contributed by atoms with E-state index in [1.54, 1.807) is 6.07 Å². The van der Waals surface area contributed by atoms with Crippen molar-refractivity contribution in [1.29, 1.82) is 0 Å². The van der Waals surface area contributed by atoms with Gasteiger partial charge in [0.05, 0.1) is 18.1 Å². The largest absolute Gasteiger partial charge is 0.465 e. The quantitative estimate of drug-likeness (QED) is 0.801. The minimum absolute atomic E-state index is 0.200. The minimum atomic E-state index is -0.302. The minimum Gasteiger partial charge on any atom is -0.465 e. The first-order chi connectivity index (χ1) is 11.4. The molecule has 1 atom stereocenters. The zero-order chi connectivity index (χ0) is 17.7. The molecule has 1 spiro atoms. The molecule has 1 amide bonds. The van der Waals surface area contributed by atoms with Gasteiger partial charge in [-0.2, -0.15) is 0 Å². The number of nitrogens with one attached hydrogen (secondary N) is 1. The average molecular weight is 331 g/mol. The van der Waals surface area contributed by atoms with Crippen LogP contribution in [0.5, 0.6) is 0 Å². The van der Waals surface area contributed by atoms with Crippen molar-refractivity contribution in [2.75, 3.05) is 13.7 Å². The number of esters is 1. The van der Waals surface area contributed by atoms with Gasteiger partial charge in [0, 0.05) is 6.54 Å². The summed E-state index contributed by atoms with van der Waals surface area (Å²) in [5.74, 6) is 0.731. The van der Waals surface area contributed by atoms with E-state index in [1.165, 1.54) is 18.2 Å². The molecule has 0 aromatic heterocycles. The number of piperidine rings is 1. The second-order valence-electron chi connectivity index (χ2n) is 7.52. The predicted octanol–water partition coefficient (Wildman–Crippen LogP) is 3.52. The predicted molar refractivity (Wildman–Crippen MR) is 95.0 cm³/mol. The summed E-state index contributed by atoms with van der Waals surface area (Å²) in [6.07, 6.45) is 4.54. The van der Waals surface area contributed by atoms with Gasteiger partial charge in [-0.15, -0.1) is 0 Å². The van der Waals surface area contributed by atoms with E-state index in [2.05, 4.69) is 26.1 Å². The van der Waals surface area contributed by atoms with Crippen molar-refractivity contribution in [2.24, 2.45) is 11.3 Å². The number of hydrogen-bond donors (Lipinski definition) is 1. The van der Waals surface area contributed by atoms with Gasteiger partial charge in [-0.1, -0.05) is 26.8 Å². The Kier molecular flexibility index (Phi) is 6.03. The van der Waals surface area contributed by atoms with Gasteiger partial charge in [0.15, 0.2) is 0 Å². The van der Waals surface area contributed by atoms with E-state index < -0.39 is 0 Å². The highest BCUT2D eigenvalue weighted by atomic mass is 16.5. The zero-order valence-electron chi connectivity index (χ0n) is 15.3. The number of amides is 1. The Morgan fingerprint density at radius 1 is 1.21 bits per heavy atom. The van der Waals surface area contributed by atoms with Crippen molar-refractivity contribution in [3.63, 3.8) is 0 Å². The van der Waals surface area contributed by atoms with Gasteiger partial charge in [-0.25, -0.2) is 4.79 Å². The Hall–Kier alpha value is -1.84. The standard InChI is InChI=1S/C16H19NO3.C4H10/c1-20-14(18)12-3-4-13-10-16(7-5-11(13)9-12)6-2-8-17-15(16)19;1-4(2)3/h3-4,9H,2,5-8,10H2,1H3,(H,17,19);4H,1-3H3. The first-order valence-electron chi connectivity index (χ1n) is 8.86. The van der Waals surface area contributed by atoms with E-state index in [4.69, 9.17) is 4.74 Å². The number of carbonyl (C=O) groups excluding carboxylic acids is 2. The van der Waals surface area contributed by atoms with E-state index in [-0.39, 0.29) is 17.3 Å². The Labute approximate surface area is 145 Å². The molecule has 0 saturated carbocycles. The summed E-state index contributed by atoms with van der Waals surface area (Å²) >= 11 is 0. The van der Waals surface area contributed by atoms with E-state index >= 15 is 0 Å². The number of aryl methyl sites for hydroxylation is 1. The molecule has 4 nitrogen and oxygen atoms in total. The van der Waals surface area contributed by atoms with Crippen LogP contribution in [0.25, 0.3) is 0 Å². The molecule has 0 radical (unpaired) electrons. The summed E-state index contributed by atoms with van der Waals surface area (Å²) in [6, 6.07) is 5.68. The van der Waals surface area contributed by atoms with Crippen molar-refractivity contribution >= 4 is 11.9 Å². The molecule has 132 valence electrons. The second kappa shape index (κ2) is 7.82. The molecule has 1 heterocycles. The molecule has 3 rings (SSSR count). The molecular formula is C20H29NO3. The lowest BCUT2D eigenvalue weighted by molar-refractivity contribution is -0.134. The molecule has 1 aliphatic heterocycles. The highest BCUT2D eigenvalue weighted by Gasteiger charge is 2.42.